The van der Waals surface area contributed by atoms with Crippen molar-refractivity contribution in [1.29, 1.82) is 0 Å². The highest BCUT2D eigenvalue weighted by Gasteiger charge is 2.23. The lowest BCUT2D eigenvalue weighted by Gasteiger charge is -2.12. The van der Waals surface area contributed by atoms with Crippen molar-refractivity contribution >= 4 is 27.3 Å². The van der Waals surface area contributed by atoms with E-state index >= 15 is 0 Å². The van der Waals surface area contributed by atoms with Crippen LogP contribution < -0.4 is 5.32 Å². The van der Waals surface area contributed by atoms with Crippen molar-refractivity contribution in [2.24, 2.45) is 5.92 Å². The van der Waals surface area contributed by atoms with Gasteiger partial charge in [-0.2, -0.15) is 0 Å². The molecule has 0 aromatic heterocycles. The molecule has 2 atom stereocenters. The molecule has 1 N–H and O–H groups in total. The first kappa shape index (κ1) is 13.7. The fraction of sp³-hybridized carbons (Fsp3) is 0.875. The fourth-order valence-electron chi connectivity index (χ4n) is 0.668. The summed E-state index contributed by atoms with van der Waals surface area (Å²) < 4.78 is 22.0. The van der Waals surface area contributed by atoms with Crippen LogP contribution in [0.4, 0.5) is 0 Å². The highest BCUT2D eigenvalue weighted by Crippen LogP contribution is 1.99. The number of amides is 1. The van der Waals surface area contributed by atoms with Crippen molar-refractivity contribution in [2.75, 3.05) is 18.7 Å². The van der Waals surface area contributed by atoms with Gasteiger partial charge in [-0.05, 0) is 12.8 Å². The molecule has 84 valence electrons. The maximum absolute atomic E-state index is 11.3. The Hall–Kier alpha value is -0.290. The van der Waals surface area contributed by atoms with E-state index in [-0.39, 0.29) is 5.92 Å². The van der Waals surface area contributed by atoms with Gasteiger partial charge < -0.3 is 5.32 Å². The summed E-state index contributed by atoms with van der Waals surface area (Å²) in [6, 6.07) is 0. The van der Waals surface area contributed by atoms with Gasteiger partial charge in [0, 0.05) is 18.7 Å². The lowest BCUT2D eigenvalue weighted by Crippen LogP contribution is -2.39. The highest BCUT2D eigenvalue weighted by atomic mass is 35.5. The first-order valence-corrected chi connectivity index (χ1v) is 6.80. The molecule has 0 bridgehead atoms. The Bertz CT molecular complexity index is 289. The second kappa shape index (κ2) is 5.56. The van der Waals surface area contributed by atoms with E-state index in [4.69, 9.17) is 11.6 Å². The molecule has 0 rings (SSSR count). The summed E-state index contributed by atoms with van der Waals surface area (Å²) >= 11 is 5.54. The van der Waals surface area contributed by atoms with Crippen LogP contribution in [0.15, 0.2) is 0 Å². The maximum atomic E-state index is 11.3. The first-order chi connectivity index (χ1) is 6.29. The number of halogens is 1. The molecule has 0 fully saturated rings. The van der Waals surface area contributed by atoms with Gasteiger partial charge in [-0.25, -0.2) is 8.42 Å². The number of hydrogen-bond donors (Lipinski definition) is 1. The number of sulfone groups is 1. The highest BCUT2D eigenvalue weighted by molar-refractivity contribution is 7.92. The second-order valence-corrected chi connectivity index (χ2v) is 6.15. The van der Waals surface area contributed by atoms with Crippen LogP contribution in [0.5, 0.6) is 0 Å². The summed E-state index contributed by atoms with van der Waals surface area (Å²) in [6.07, 6.45) is 1.04. The third kappa shape index (κ3) is 4.81. The van der Waals surface area contributed by atoms with E-state index in [1.54, 1.807) is 0 Å². The summed E-state index contributed by atoms with van der Waals surface area (Å²) in [5, 5.41) is 1.54. The predicted molar refractivity (Wildman–Crippen MR) is 57.2 cm³/mol. The average molecular weight is 242 g/mol. The van der Waals surface area contributed by atoms with Gasteiger partial charge in [0.1, 0.15) is 5.25 Å². The molecule has 0 spiro atoms. The molecule has 0 aliphatic carbocycles. The van der Waals surface area contributed by atoms with Crippen molar-refractivity contribution in [2.45, 2.75) is 19.1 Å². The molecule has 0 aromatic rings. The Kier molecular flexibility index (Phi) is 5.44. The molecule has 4 nitrogen and oxygen atoms in total. The smallest absolute Gasteiger partial charge is 0.238 e. The summed E-state index contributed by atoms with van der Waals surface area (Å²) in [6.45, 7) is 3.65. The van der Waals surface area contributed by atoms with Crippen LogP contribution in [0.25, 0.3) is 0 Å². The molecule has 14 heavy (non-hydrogen) atoms. The maximum Gasteiger partial charge on any atom is 0.238 e. The molecule has 0 aromatic carbocycles. The molecule has 0 aliphatic heterocycles. The minimum Gasteiger partial charge on any atom is -0.355 e. The molecular formula is C8H16ClNO3S. The van der Waals surface area contributed by atoms with Gasteiger partial charge >= 0.3 is 0 Å². The average Bonchev–Trinajstić information content (AvgIpc) is 2.10. The lowest BCUT2D eigenvalue weighted by atomic mass is 10.2. The fourth-order valence-corrected chi connectivity index (χ4v) is 1.25. The Morgan fingerprint density at radius 1 is 1.43 bits per heavy atom. The number of rotatable bonds is 5. The van der Waals surface area contributed by atoms with Gasteiger partial charge in [-0.1, -0.05) is 6.92 Å². The van der Waals surface area contributed by atoms with Crippen LogP contribution in [-0.4, -0.2) is 38.3 Å². The van der Waals surface area contributed by atoms with Crippen molar-refractivity contribution < 1.29 is 13.2 Å². The van der Waals surface area contributed by atoms with E-state index < -0.39 is 21.0 Å². The molecule has 6 heteroatoms. The van der Waals surface area contributed by atoms with Crippen LogP contribution in [0, 0.1) is 5.92 Å². The molecule has 0 aliphatic rings. The number of nitrogens with one attached hydrogen (secondary N) is 1. The molecule has 2 unspecified atom stereocenters. The number of hydrogen-bond acceptors (Lipinski definition) is 3. The van der Waals surface area contributed by atoms with Gasteiger partial charge in [0.25, 0.3) is 0 Å². The zero-order chi connectivity index (χ0) is 11.4. The van der Waals surface area contributed by atoms with Gasteiger partial charge in [0.05, 0.1) is 0 Å². The van der Waals surface area contributed by atoms with Crippen LogP contribution in [0.1, 0.15) is 13.8 Å². The lowest BCUT2D eigenvalue weighted by molar-refractivity contribution is -0.120. The van der Waals surface area contributed by atoms with Gasteiger partial charge in [-0.3, -0.25) is 4.79 Å². The van der Waals surface area contributed by atoms with Crippen LogP contribution in [0.3, 0.4) is 0 Å². The van der Waals surface area contributed by atoms with E-state index in [1.165, 1.54) is 6.92 Å². The van der Waals surface area contributed by atoms with Crippen molar-refractivity contribution in [1.82, 2.24) is 5.32 Å². The van der Waals surface area contributed by atoms with Gasteiger partial charge in [-0.15, -0.1) is 11.6 Å². The topological polar surface area (TPSA) is 63.2 Å². The van der Waals surface area contributed by atoms with Crippen molar-refractivity contribution in [3.63, 3.8) is 0 Å². The third-order valence-corrected chi connectivity index (χ3v) is 3.92. The SMILES string of the molecule is CC(CCl)CNC(=O)C(C)S(C)(=O)=O. The predicted octanol–water partition coefficient (Wildman–Crippen LogP) is 0.411. The van der Waals surface area contributed by atoms with Crippen LogP contribution >= 0.6 is 11.6 Å². The van der Waals surface area contributed by atoms with E-state index in [0.29, 0.717) is 12.4 Å². The van der Waals surface area contributed by atoms with Crippen LogP contribution in [0.2, 0.25) is 0 Å². The van der Waals surface area contributed by atoms with E-state index in [2.05, 4.69) is 5.32 Å². The normalized spacial score (nSPS) is 16.0. The molecule has 0 saturated heterocycles. The Morgan fingerprint density at radius 2 is 1.93 bits per heavy atom. The third-order valence-electron chi connectivity index (χ3n) is 1.90. The quantitative estimate of drug-likeness (QED) is 0.710. The molecule has 0 radical (unpaired) electrons. The largest absolute Gasteiger partial charge is 0.355 e. The van der Waals surface area contributed by atoms with Crippen LogP contribution in [-0.2, 0) is 14.6 Å². The van der Waals surface area contributed by atoms with Crippen molar-refractivity contribution in [3.05, 3.63) is 0 Å². The molecular weight excluding hydrogens is 226 g/mol. The van der Waals surface area contributed by atoms with E-state index in [1.807, 2.05) is 6.92 Å². The Labute approximate surface area is 89.9 Å². The van der Waals surface area contributed by atoms with Gasteiger partial charge in [0.15, 0.2) is 9.84 Å². The summed E-state index contributed by atoms with van der Waals surface area (Å²) in [4.78, 5) is 11.3. The number of carbonyl (C=O) groups is 1. The van der Waals surface area contributed by atoms with E-state index in [9.17, 15) is 13.2 Å². The first-order valence-electron chi connectivity index (χ1n) is 4.31. The molecule has 1 amide bonds. The summed E-state index contributed by atoms with van der Waals surface area (Å²) in [5.74, 6) is 0.116. The molecule has 0 saturated carbocycles. The number of alkyl halides is 1. The Morgan fingerprint density at radius 3 is 2.29 bits per heavy atom. The summed E-state index contributed by atoms with van der Waals surface area (Å²) in [5.41, 5.74) is 0. The van der Waals surface area contributed by atoms with Gasteiger partial charge in [0.2, 0.25) is 5.91 Å². The Balaban J connectivity index is 4.11. The molecule has 0 heterocycles. The van der Waals surface area contributed by atoms with E-state index in [0.717, 1.165) is 6.26 Å². The standard InChI is InChI=1S/C8H16ClNO3S/c1-6(4-9)5-10-8(11)7(2)14(3,12)13/h6-7H,4-5H2,1-3H3,(H,10,11). The number of carbonyl (C=O) groups excluding carboxylic acids is 1. The van der Waals surface area contributed by atoms with Crippen molar-refractivity contribution in [3.8, 4) is 0 Å². The minimum absolute atomic E-state index is 0.146. The second-order valence-electron chi connectivity index (χ2n) is 3.48. The zero-order valence-electron chi connectivity index (χ0n) is 8.58. The minimum atomic E-state index is -3.30. The monoisotopic (exact) mass is 241 g/mol. The summed E-state index contributed by atoms with van der Waals surface area (Å²) in [7, 11) is -3.30. The zero-order valence-corrected chi connectivity index (χ0v) is 10.2.